The van der Waals surface area contributed by atoms with Crippen LogP contribution in [0.1, 0.15) is 19.3 Å². The SMILES string of the molecule is O=C(NC1CC1)[C@H]1CC(=O)N(c2cnn(CC(F)(F)F)c2)C1. The van der Waals surface area contributed by atoms with E-state index in [0.29, 0.717) is 0 Å². The summed E-state index contributed by atoms with van der Waals surface area (Å²) < 4.78 is 37.7. The van der Waals surface area contributed by atoms with E-state index in [2.05, 4.69) is 10.4 Å². The van der Waals surface area contributed by atoms with Crippen LogP contribution in [0.3, 0.4) is 0 Å². The summed E-state index contributed by atoms with van der Waals surface area (Å²) in [5, 5.41) is 6.45. The van der Waals surface area contributed by atoms with Gasteiger partial charge in [0.1, 0.15) is 6.54 Å². The standard InChI is InChI=1S/C13H15F3N4O2/c14-13(15,16)7-19-6-10(4-17-19)20-5-8(3-11(20)21)12(22)18-9-1-2-9/h4,6,8-9H,1-3,5,7H2,(H,18,22)/t8-/m0/s1. The number of rotatable bonds is 4. The summed E-state index contributed by atoms with van der Waals surface area (Å²) in [6.45, 7) is -1.03. The second kappa shape index (κ2) is 5.29. The Morgan fingerprint density at radius 1 is 1.41 bits per heavy atom. The highest BCUT2D eigenvalue weighted by atomic mass is 19.4. The molecule has 0 aromatic carbocycles. The largest absolute Gasteiger partial charge is 0.408 e. The number of nitrogens with one attached hydrogen (secondary N) is 1. The maximum atomic E-state index is 12.3. The summed E-state index contributed by atoms with van der Waals surface area (Å²) in [4.78, 5) is 25.2. The third-order valence-electron chi connectivity index (χ3n) is 3.69. The lowest BCUT2D eigenvalue weighted by Crippen LogP contribution is -2.34. The minimum atomic E-state index is -4.37. The first-order chi connectivity index (χ1) is 10.3. The van der Waals surface area contributed by atoms with E-state index in [1.165, 1.54) is 17.3 Å². The fourth-order valence-electron chi connectivity index (χ4n) is 2.44. The van der Waals surface area contributed by atoms with Crippen LogP contribution < -0.4 is 10.2 Å². The number of hydrogen-bond acceptors (Lipinski definition) is 3. The van der Waals surface area contributed by atoms with Gasteiger partial charge < -0.3 is 10.2 Å². The molecule has 1 atom stereocenters. The van der Waals surface area contributed by atoms with Gasteiger partial charge in [-0.3, -0.25) is 14.3 Å². The Morgan fingerprint density at radius 2 is 2.14 bits per heavy atom. The maximum absolute atomic E-state index is 12.3. The fraction of sp³-hybridized carbons (Fsp3) is 0.615. The van der Waals surface area contributed by atoms with Gasteiger partial charge in [0.25, 0.3) is 0 Å². The van der Waals surface area contributed by atoms with Gasteiger partial charge in [0.05, 0.1) is 17.8 Å². The van der Waals surface area contributed by atoms with Crippen molar-refractivity contribution in [2.45, 2.75) is 38.0 Å². The summed E-state index contributed by atoms with van der Waals surface area (Å²) in [6.07, 6.45) is 0.00600. The third kappa shape index (κ3) is 3.40. The number of carbonyl (C=O) groups excluding carboxylic acids is 2. The van der Waals surface area contributed by atoms with Crippen molar-refractivity contribution in [2.24, 2.45) is 5.92 Å². The van der Waals surface area contributed by atoms with Gasteiger partial charge in [0.15, 0.2) is 0 Å². The molecular weight excluding hydrogens is 301 g/mol. The van der Waals surface area contributed by atoms with Crippen LogP contribution >= 0.6 is 0 Å². The van der Waals surface area contributed by atoms with Gasteiger partial charge in [-0.1, -0.05) is 0 Å². The molecule has 1 N–H and O–H groups in total. The Labute approximate surface area is 124 Å². The summed E-state index contributed by atoms with van der Waals surface area (Å²) >= 11 is 0. The van der Waals surface area contributed by atoms with E-state index in [1.807, 2.05) is 0 Å². The summed E-state index contributed by atoms with van der Waals surface area (Å²) in [5.74, 6) is -0.900. The lowest BCUT2D eigenvalue weighted by molar-refractivity contribution is -0.142. The molecule has 0 radical (unpaired) electrons. The lowest BCUT2D eigenvalue weighted by atomic mass is 10.1. The minimum absolute atomic E-state index is 0.0724. The third-order valence-corrected chi connectivity index (χ3v) is 3.69. The summed E-state index contributed by atoms with van der Waals surface area (Å²) in [5.41, 5.74) is 0.288. The second-order valence-corrected chi connectivity index (χ2v) is 5.70. The topological polar surface area (TPSA) is 67.2 Å². The Balaban J connectivity index is 1.64. The molecular formula is C13H15F3N4O2. The van der Waals surface area contributed by atoms with Crippen molar-refractivity contribution in [2.75, 3.05) is 11.4 Å². The molecule has 0 bridgehead atoms. The molecule has 2 aliphatic rings. The van der Waals surface area contributed by atoms with Crippen molar-refractivity contribution in [3.63, 3.8) is 0 Å². The van der Waals surface area contributed by atoms with Crippen LogP contribution in [0, 0.1) is 5.92 Å². The first-order valence-corrected chi connectivity index (χ1v) is 7.02. The molecule has 1 saturated heterocycles. The number of nitrogens with zero attached hydrogens (tertiary/aromatic N) is 3. The normalized spacial score (nSPS) is 22.2. The number of halogens is 3. The molecule has 0 unspecified atom stereocenters. The number of aromatic nitrogens is 2. The molecule has 120 valence electrons. The summed E-state index contributed by atoms with van der Waals surface area (Å²) in [7, 11) is 0. The molecule has 1 aromatic rings. The van der Waals surface area contributed by atoms with Crippen molar-refractivity contribution >= 4 is 17.5 Å². The van der Waals surface area contributed by atoms with Crippen molar-refractivity contribution in [3.8, 4) is 0 Å². The van der Waals surface area contributed by atoms with Crippen LogP contribution in [-0.2, 0) is 16.1 Å². The molecule has 1 aliphatic carbocycles. The number of hydrogen-bond donors (Lipinski definition) is 1. The van der Waals surface area contributed by atoms with E-state index >= 15 is 0 Å². The van der Waals surface area contributed by atoms with Crippen molar-refractivity contribution in [1.29, 1.82) is 0 Å². The lowest BCUT2D eigenvalue weighted by Gasteiger charge is -2.14. The number of anilines is 1. The smallest absolute Gasteiger partial charge is 0.353 e. The fourth-order valence-corrected chi connectivity index (χ4v) is 2.44. The molecule has 1 saturated carbocycles. The van der Waals surface area contributed by atoms with Gasteiger partial charge in [-0.15, -0.1) is 0 Å². The van der Waals surface area contributed by atoms with Gasteiger partial charge >= 0.3 is 6.18 Å². The van der Waals surface area contributed by atoms with Crippen LogP contribution in [0.4, 0.5) is 18.9 Å². The van der Waals surface area contributed by atoms with Gasteiger partial charge in [-0.2, -0.15) is 18.3 Å². The molecule has 3 rings (SSSR count). The van der Waals surface area contributed by atoms with Gasteiger partial charge in [-0.25, -0.2) is 0 Å². The molecule has 2 heterocycles. The van der Waals surface area contributed by atoms with Gasteiger partial charge in [0, 0.05) is 25.2 Å². The molecule has 9 heteroatoms. The Kier molecular flexibility index (Phi) is 3.57. The van der Waals surface area contributed by atoms with Crippen LogP contribution in [0.15, 0.2) is 12.4 Å². The van der Waals surface area contributed by atoms with E-state index in [4.69, 9.17) is 0 Å². The van der Waals surface area contributed by atoms with E-state index < -0.39 is 18.6 Å². The van der Waals surface area contributed by atoms with E-state index in [1.54, 1.807) is 0 Å². The number of alkyl halides is 3. The van der Waals surface area contributed by atoms with Crippen molar-refractivity contribution < 1.29 is 22.8 Å². The van der Waals surface area contributed by atoms with Gasteiger partial charge in [-0.05, 0) is 12.8 Å². The monoisotopic (exact) mass is 316 g/mol. The average molecular weight is 316 g/mol. The van der Waals surface area contributed by atoms with Crippen LogP contribution in [-0.4, -0.2) is 40.4 Å². The minimum Gasteiger partial charge on any atom is -0.353 e. The zero-order valence-corrected chi connectivity index (χ0v) is 11.6. The number of carbonyl (C=O) groups is 2. The van der Waals surface area contributed by atoms with Crippen molar-refractivity contribution in [3.05, 3.63) is 12.4 Å². The first kappa shape index (κ1) is 14.9. The quantitative estimate of drug-likeness (QED) is 0.904. The van der Waals surface area contributed by atoms with Gasteiger partial charge in [0.2, 0.25) is 11.8 Å². The Bertz CT molecular complexity index is 594. The van der Waals surface area contributed by atoms with Crippen molar-refractivity contribution in [1.82, 2.24) is 15.1 Å². The molecule has 2 amide bonds. The molecule has 1 aliphatic heterocycles. The highest BCUT2D eigenvalue weighted by Gasteiger charge is 2.38. The molecule has 22 heavy (non-hydrogen) atoms. The zero-order chi connectivity index (χ0) is 15.9. The van der Waals surface area contributed by atoms with Crippen LogP contribution in [0.5, 0.6) is 0 Å². The predicted octanol–water partition coefficient (Wildman–Crippen LogP) is 1.08. The highest BCUT2D eigenvalue weighted by Crippen LogP contribution is 2.27. The number of amides is 2. The van der Waals surface area contributed by atoms with Crippen LogP contribution in [0.2, 0.25) is 0 Å². The van der Waals surface area contributed by atoms with E-state index in [0.717, 1.165) is 17.5 Å². The second-order valence-electron chi connectivity index (χ2n) is 5.70. The van der Waals surface area contributed by atoms with Crippen LogP contribution in [0.25, 0.3) is 0 Å². The molecule has 0 spiro atoms. The zero-order valence-electron chi connectivity index (χ0n) is 11.6. The molecule has 2 fully saturated rings. The van der Waals surface area contributed by atoms with E-state index in [9.17, 15) is 22.8 Å². The molecule has 1 aromatic heterocycles. The predicted molar refractivity (Wildman–Crippen MR) is 69.9 cm³/mol. The molecule has 6 nitrogen and oxygen atoms in total. The first-order valence-electron chi connectivity index (χ1n) is 7.02. The Hall–Kier alpha value is -2.06. The highest BCUT2D eigenvalue weighted by molar-refractivity contribution is 6.00. The average Bonchev–Trinajstić information content (AvgIpc) is 2.94. The summed E-state index contributed by atoms with van der Waals surface area (Å²) in [6, 6.07) is 0.214. The van der Waals surface area contributed by atoms with E-state index in [-0.39, 0.29) is 36.5 Å². The maximum Gasteiger partial charge on any atom is 0.408 e. The Morgan fingerprint density at radius 3 is 2.77 bits per heavy atom.